The van der Waals surface area contributed by atoms with E-state index < -0.39 is 17.5 Å². The number of benzene rings is 2. The van der Waals surface area contributed by atoms with E-state index in [1.165, 1.54) is 60.8 Å². The fraction of sp³-hybridized carbons (Fsp3) is 0.571. The molecule has 39 heavy (non-hydrogen) atoms. The molecule has 2 aliphatic rings. The number of fused-ring (bicyclic) bond motifs is 1. The summed E-state index contributed by atoms with van der Waals surface area (Å²) in [5.41, 5.74) is 7.70. The summed E-state index contributed by atoms with van der Waals surface area (Å²) in [4.78, 5) is 12.8. The van der Waals surface area contributed by atoms with Crippen LogP contribution in [0.3, 0.4) is 0 Å². The molecule has 0 aromatic heterocycles. The Labute approximate surface area is 236 Å². The van der Waals surface area contributed by atoms with Crippen LogP contribution in [0, 0.1) is 0 Å². The number of aryl methyl sites for hydroxylation is 1. The van der Waals surface area contributed by atoms with Crippen molar-refractivity contribution in [2.75, 3.05) is 6.61 Å². The van der Waals surface area contributed by atoms with Crippen LogP contribution in [0.4, 0.5) is 0 Å². The molecule has 1 saturated heterocycles. The van der Waals surface area contributed by atoms with Gasteiger partial charge < -0.3 is 14.2 Å². The first-order chi connectivity index (χ1) is 18.2. The van der Waals surface area contributed by atoms with Gasteiger partial charge in [-0.1, -0.05) is 90.3 Å². The van der Waals surface area contributed by atoms with Crippen molar-refractivity contribution in [3.8, 4) is 0 Å². The molecule has 1 aliphatic carbocycles. The summed E-state index contributed by atoms with van der Waals surface area (Å²) in [5, 5.41) is 0. The van der Waals surface area contributed by atoms with E-state index in [1.54, 1.807) is 6.92 Å². The van der Waals surface area contributed by atoms with Crippen molar-refractivity contribution in [3.05, 3.63) is 69.8 Å². The van der Waals surface area contributed by atoms with Gasteiger partial charge in [0.2, 0.25) is 5.79 Å². The minimum Gasteiger partial charge on any atom is -0.427 e. The van der Waals surface area contributed by atoms with E-state index in [2.05, 4.69) is 58.9 Å². The minimum atomic E-state index is -1.08. The molecule has 4 heteroatoms. The molecule has 0 radical (unpaired) electrons. The Morgan fingerprint density at radius 1 is 0.872 bits per heavy atom. The fourth-order valence-electron chi connectivity index (χ4n) is 5.89. The highest BCUT2D eigenvalue weighted by atomic mass is 16.8. The Kier molecular flexibility index (Phi) is 8.50. The first-order valence-electron chi connectivity index (χ1n) is 14.8. The van der Waals surface area contributed by atoms with Crippen molar-refractivity contribution in [1.29, 1.82) is 0 Å². The Balaban J connectivity index is 1.55. The van der Waals surface area contributed by atoms with Gasteiger partial charge in [-0.25, -0.2) is 4.79 Å². The largest absolute Gasteiger partial charge is 0.427 e. The molecule has 212 valence electrons. The summed E-state index contributed by atoms with van der Waals surface area (Å²) in [5.74, 6) is -2.26. The zero-order chi connectivity index (χ0) is 28.5. The second-order valence-electron chi connectivity index (χ2n) is 13.4. The molecule has 2 aromatic carbocycles. The number of carbonyl (C=O) groups is 1. The number of esters is 1. The highest BCUT2D eigenvalue weighted by molar-refractivity contribution is 5.90. The topological polar surface area (TPSA) is 44.8 Å². The van der Waals surface area contributed by atoms with Gasteiger partial charge in [0.1, 0.15) is 6.61 Å². The van der Waals surface area contributed by atoms with Crippen molar-refractivity contribution in [1.82, 2.24) is 0 Å². The normalized spacial score (nSPS) is 23.1. The maximum absolute atomic E-state index is 12.8. The predicted molar refractivity (Wildman–Crippen MR) is 160 cm³/mol. The smallest absolute Gasteiger partial charge is 0.340 e. The number of hydrogen-bond acceptors (Lipinski definition) is 4. The predicted octanol–water partition coefficient (Wildman–Crippen LogP) is 8.98. The standard InChI is InChI=1S/C35H48O4/c1-9-10-11-12-13-27-22-29-30(33(4,5)21-20-32(29,2)3)23-28(27)19-16-25-14-17-26(18-15-25)31(36)38-35(8)24-37-34(6,7)39-35/h14-19,22-23H,9-13,20-21,24H2,1-8H3. The number of hydrogen-bond donors (Lipinski definition) is 0. The van der Waals surface area contributed by atoms with Crippen molar-refractivity contribution >= 4 is 18.1 Å². The average Bonchev–Trinajstić information content (AvgIpc) is 3.15. The van der Waals surface area contributed by atoms with Crippen LogP contribution < -0.4 is 0 Å². The Morgan fingerprint density at radius 2 is 1.51 bits per heavy atom. The third-order valence-electron chi connectivity index (χ3n) is 8.47. The summed E-state index contributed by atoms with van der Waals surface area (Å²) in [6, 6.07) is 12.5. The molecule has 1 aliphatic heterocycles. The van der Waals surface area contributed by atoms with E-state index in [-0.39, 0.29) is 17.4 Å². The van der Waals surface area contributed by atoms with Gasteiger partial charge in [0.15, 0.2) is 5.79 Å². The van der Waals surface area contributed by atoms with Crippen molar-refractivity contribution in [2.45, 2.75) is 123 Å². The summed E-state index contributed by atoms with van der Waals surface area (Å²) < 4.78 is 17.0. The van der Waals surface area contributed by atoms with Gasteiger partial charge in [0.05, 0.1) is 5.56 Å². The maximum atomic E-state index is 12.8. The van der Waals surface area contributed by atoms with Gasteiger partial charge in [0, 0.05) is 6.92 Å². The van der Waals surface area contributed by atoms with E-state index in [0.29, 0.717) is 5.56 Å². The Bertz CT molecular complexity index is 1200. The minimum absolute atomic E-state index is 0.177. The van der Waals surface area contributed by atoms with Crippen LogP contribution in [-0.2, 0) is 31.5 Å². The quantitative estimate of drug-likeness (QED) is 0.184. The molecular weight excluding hydrogens is 484 g/mol. The number of unbranched alkanes of at least 4 members (excludes halogenated alkanes) is 3. The second-order valence-corrected chi connectivity index (χ2v) is 13.4. The van der Waals surface area contributed by atoms with Crippen LogP contribution in [0.15, 0.2) is 36.4 Å². The van der Waals surface area contributed by atoms with Crippen LogP contribution in [0.1, 0.15) is 132 Å². The van der Waals surface area contributed by atoms with Gasteiger partial charge in [-0.3, -0.25) is 0 Å². The molecule has 1 heterocycles. The van der Waals surface area contributed by atoms with Crippen molar-refractivity contribution in [3.63, 3.8) is 0 Å². The third kappa shape index (κ3) is 7.02. The molecule has 0 bridgehead atoms. The van der Waals surface area contributed by atoms with E-state index in [0.717, 1.165) is 12.0 Å². The van der Waals surface area contributed by atoms with Gasteiger partial charge >= 0.3 is 5.97 Å². The van der Waals surface area contributed by atoms with E-state index in [4.69, 9.17) is 14.2 Å². The summed E-state index contributed by atoms with van der Waals surface area (Å²) >= 11 is 0. The molecule has 2 aromatic rings. The molecular formula is C35H48O4. The lowest BCUT2D eigenvalue weighted by atomic mass is 9.62. The van der Waals surface area contributed by atoms with Crippen LogP contribution in [0.2, 0.25) is 0 Å². The van der Waals surface area contributed by atoms with Gasteiger partial charge in [0.25, 0.3) is 0 Å². The molecule has 0 saturated carbocycles. The van der Waals surface area contributed by atoms with Gasteiger partial charge in [-0.2, -0.15) is 0 Å². The Morgan fingerprint density at radius 3 is 2.10 bits per heavy atom. The molecule has 0 spiro atoms. The number of rotatable bonds is 9. The van der Waals surface area contributed by atoms with Crippen LogP contribution >= 0.6 is 0 Å². The van der Waals surface area contributed by atoms with E-state index >= 15 is 0 Å². The molecule has 4 rings (SSSR count). The number of carbonyl (C=O) groups excluding carboxylic acids is 1. The summed E-state index contributed by atoms with van der Waals surface area (Å²) in [7, 11) is 0. The Hall–Kier alpha value is -2.43. The lowest BCUT2D eigenvalue weighted by Gasteiger charge is -2.42. The van der Waals surface area contributed by atoms with Crippen LogP contribution in [0.5, 0.6) is 0 Å². The van der Waals surface area contributed by atoms with Crippen LogP contribution in [-0.4, -0.2) is 24.2 Å². The first kappa shape index (κ1) is 29.6. The lowest BCUT2D eigenvalue weighted by Crippen LogP contribution is -2.36. The highest BCUT2D eigenvalue weighted by Crippen LogP contribution is 2.47. The van der Waals surface area contributed by atoms with Crippen molar-refractivity contribution in [2.24, 2.45) is 0 Å². The molecule has 0 amide bonds. The molecule has 4 nitrogen and oxygen atoms in total. The van der Waals surface area contributed by atoms with Crippen LogP contribution in [0.25, 0.3) is 12.2 Å². The zero-order valence-electron chi connectivity index (χ0n) is 25.4. The molecule has 1 atom stereocenters. The fourth-order valence-corrected chi connectivity index (χ4v) is 5.89. The average molecular weight is 533 g/mol. The van der Waals surface area contributed by atoms with Gasteiger partial charge in [-0.15, -0.1) is 0 Å². The third-order valence-corrected chi connectivity index (χ3v) is 8.47. The first-order valence-corrected chi connectivity index (χ1v) is 14.8. The second kappa shape index (κ2) is 11.2. The van der Waals surface area contributed by atoms with E-state index in [1.807, 2.05) is 38.1 Å². The highest BCUT2D eigenvalue weighted by Gasteiger charge is 2.45. The van der Waals surface area contributed by atoms with Gasteiger partial charge in [-0.05, 0) is 90.3 Å². The molecule has 0 N–H and O–H groups in total. The molecule has 1 fully saturated rings. The summed E-state index contributed by atoms with van der Waals surface area (Å²) in [6.45, 7) is 17.4. The number of ether oxygens (including phenoxy) is 3. The summed E-state index contributed by atoms with van der Waals surface area (Å²) in [6.07, 6.45) is 13.0. The maximum Gasteiger partial charge on any atom is 0.340 e. The molecule has 1 unspecified atom stereocenters. The monoisotopic (exact) mass is 532 g/mol. The van der Waals surface area contributed by atoms with Crippen molar-refractivity contribution < 1.29 is 19.0 Å². The lowest BCUT2D eigenvalue weighted by molar-refractivity contribution is -0.221. The van der Waals surface area contributed by atoms with E-state index in [9.17, 15) is 4.79 Å². The SMILES string of the molecule is CCCCCCc1cc2c(cc1C=Cc1ccc(C(=O)OC3(C)COC(C)(C)O3)cc1)C(C)(C)CCC2(C)C. The zero-order valence-corrected chi connectivity index (χ0v) is 25.4.